The third-order valence-corrected chi connectivity index (χ3v) is 6.02. The summed E-state index contributed by atoms with van der Waals surface area (Å²) in [5, 5.41) is 0. The van der Waals surface area contributed by atoms with Crippen molar-refractivity contribution in [3.63, 3.8) is 0 Å². The van der Waals surface area contributed by atoms with E-state index in [9.17, 15) is 18.0 Å². The summed E-state index contributed by atoms with van der Waals surface area (Å²) in [6, 6.07) is 7.78. The van der Waals surface area contributed by atoms with Gasteiger partial charge >= 0.3 is 11.4 Å². The Kier molecular flexibility index (Phi) is 3.57. The zero-order valence-corrected chi connectivity index (χ0v) is 15.6. The summed E-state index contributed by atoms with van der Waals surface area (Å²) >= 11 is 0. The smallest absolute Gasteiger partial charge is 0.306 e. The van der Waals surface area contributed by atoms with Gasteiger partial charge in [0.05, 0.1) is 32.6 Å². The Labute approximate surface area is 153 Å². The van der Waals surface area contributed by atoms with Crippen molar-refractivity contribution in [3.05, 3.63) is 56.9 Å². The zero-order chi connectivity index (χ0) is 19.5. The number of aromatic nitrogens is 4. The second kappa shape index (κ2) is 5.61. The summed E-state index contributed by atoms with van der Waals surface area (Å²) in [4.78, 5) is 28.7. The molecule has 0 radical (unpaired) electrons. The maximum Gasteiger partial charge on any atom is 0.328 e. The molecule has 10 heteroatoms. The molecule has 0 spiro atoms. The molecule has 3 N–H and O–H groups in total. The van der Waals surface area contributed by atoms with Gasteiger partial charge in [0.25, 0.3) is 10.0 Å². The molecule has 0 aliphatic rings. The van der Waals surface area contributed by atoms with Gasteiger partial charge < -0.3 is 9.97 Å². The molecule has 0 bridgehead atoms. The first-order valence-corrected chi connectivity index (χ1v) is 9.56. The molecule has 0 unspecified atom stereocenters. The van der Waals surface area contributed by atoms with Crippen molar-refractivity contribution < 1.29 is 8.42 Å². The van der Waals surface area contributed by atoms with Gasteiger partial charge in [-0.05, 0) is 42.8 Å². The summed E-state index contributed by atoms with van der Waals surface area (Å²) in [5.74, 6) is 0. The second-order valence-electron chi connectivity index (χ2n) is 6.45. The van der Waals surface area contributed by atoms with Crippen LogP contribution >= 0.6 is 0 Å². The van der Waals surface area contributed by atoms with Crippen molar-refractivity contribution in [2.45, 2.75) is 11.8 Å². The van der Waals surface area contributed by atoms with E-state index in [-0.39, 0.29) is 16.3 Å². The molecule has 2 aromatic carbocycles. The van der Waals surface area contributed by atoms with Crippen LogP contribution in [0.4, 0.5) is 5.69 Å². The molecule has 140 valence electrons. The number of rotatable bonds is 3. The highest BCUT2D eigenvalue weighted by molar-refractivity contribution is 7.92. The van der Waals surface area contributed by atoms with Crippen LogP contribution in [-0.4, -0.2) is 27.5 Å². The minimum atomic E-state index is -3.89. The van der Waals surface area contributed by atoms with Gasteiger partial charge in [0, 0.05) is 14.1 Å². The van der Waals surface area contributed by atoms with Crippen LogP contribution < -0.4 is 16.1 Å². The number of aromatic amines is 2. The lowest BCUT2D eigenvalue weighted by Gasteiger charge is -2.11. The number of imidazole rings is 2. The van der Waals surface area contributed by atoms with E-state index >= 15 is 0 Å². The number of aryl methyl sites for hydroxylation is 3. The molecule has 0 atom stereocenters. The van der Waals surface area contributed by atoms with Crippen LogP contribution in [0, 0.1) is 6.92 Å². The fraction of sp³-hybridized carbons (Fsp3) is 0.176. The summed E-state index contributed by atoms with van der Waals surface area (Å²) in [6.45, 7) is 1.74. The molecule has 4 rings (SSSR count). The highest BCUT2D eigenvalue weighted by atomic mass is 32.2. The Morgan fingerprint density at radius 3 is 2.26 bits per heavy atom. The summed E-state index contributed by atoms with van der Waals surface area (Å²) < 4.78 is 31.1. The molecule has 9 nitrogen and oxygen atoms in total. The van der Waals surface area contributed by atoms with E-state index in [0.29, 0.717) is 33.3 Å². The maximum absolute atomic E-state index is 12.9. The standard InChI is InChI=1S/C17H17N5O4S/c1-9-6-12-13(19-16(23)18-12)8-11(9)20-27(25,26)10-4-5-14-15(7-10)22(3)17(24)21(14)2/h4-8,20H,1-3H3,(H2,18,19,23). The molecule has 0 aliphatic heterocycles. The number of hydrogen-bond acceptors (Lipinski definition) is 4. The number of H-pyrrole nitrogens is 2. The van der Waals surface area contributed by atoms with Crippen molar-refractivity contribution in [2.75, 3.05) is 4.72 Å². The topological polar surface area (TPSA) is 122 Å². The molecule has 0 fully saturated rings. The fourth-order valence-corrected chi connectivity index (χ4v) is 4.30. The minimum absolute atomic E-state index is 0.0401. The van der Waals surface area contributed by atoms with Crippen molar-refractivity contribution in [1.29, 1.82) is 0 Å². The van der Waals surface area contributed by atoms with Gasteiger partial charge in [-0.1, -0.05) is 0 Å². The third kappa shape index (κ3) is 2.65. The van der Waals surface area contributed by atoms with Crippen LogP contribution in [0.5, 0.6) is 0 Å². The van der Waals surface area contributed by atoms with Crippen LogP contribution in [-0.2, 0) is 24.1 Å². The molecule has 0 aliphatic carbocycles. The Balaban J connectivity index is 1.81. The van der Waals surface area contributed by atoms with Gasteiger partial charge in [0.2, 0.25) is 0 Å². The Morgan fingerprint density at radius 2 is 1.56 bits per heavy atom. The lowest BCUT2D eigenvalue weighted by atomic mass is 10.2. The van der Waals surface area contributed by atoms with E-state index in [4.69, 9.17) is 0 Å². The van der Waals surface area contributed by atoms with E-state index in [1.807, 2.05) is 0 Å². The fourth-order valence-electron chi connectivity index (χ4n) is 3.16. The van der Waals surface area contributed by atoms with Crippen LogP contribution in [0.15, 0.2) is 44.8 Å². The average Bonchev–Trinajstić information content (AvgIpc) is 3.07. The van der Waals surface area contributed by atoms with Gasteiger partial charge in [0.1, 0.15) is 0 Å². The highest BCUT2D eigenvalue weighted by Crippen LogP contribution is 2.25. The summed E-state index contributed by atoms with van der Waals surface area (Å²) in [7, 11) is -0.662. The number of fused-ring (bicyclic) bond motifs is 2. The molecule has 4 aromatic rings. The van der Waals surface area contributed by atoms with Crippen molar-refractivity contribution >= 4 is 37.8 Å². The average molecular weight is 387 g/mol. The van der Waals surface area contributed by atoms with Crippen molar-refractivity contribution in [2.24, 2.45) is 14.1 Å². The summed E-state index contributed by atoms with van der Waals surface area (Å²) in [6.07, 6.45) is 0. The van der Waals surface area contributed by atoms with Crippen LogP contribution in [0.2, 0.25) is 0 Å². The Morgan fingerprint density at radius 1 is 0.926 bits per heavy atom. The minimum Gasteiger partial charge on any atom is -0.306 e. The SMILES string of the molecule is Cc1cc2[nH]c(=O)[nH]c2cc1NS(=O)(=O)c1ccc2c(c1)n(C)c(=O)n2C. The van der Waals surface area contributed by atoms with Gasteiger partial charge in [-0.15, -0.1) is 0 Å². The van der Waals surface area contributed by atoms with E-state index in [1.54, 1.807) is 39.2 Å². The molecule has 2 heterocycles. The monoisotopic (exact) mass is 387 g/mol. The second-order valence-corrected chi connectivity index (χ2v) is 8.13. The predicted molar refractivity (Wildman–Crippen MR) is 103 cm³/mol. The van der Waals surface area contributed by atoms with Gasteiger partial charge in [-0.2, -0.15) is 0 Å². The number of anilines is 1. The number of benzene rings is 2. The predicted octanol–water partition coefficient (Wildman–Crippen LogP) is 1.16. The summed E-state index contributed by atoms with van der Waals surface area (Å²) in [5.41, 5.74) is 2.70. The lowest BCUT2D eigenvalue weighted by molar-refractivity contribution is 0.601. The number of nitrogens with zero attached hydrogens (tertiary/aromatic N) is 2. The number of nitrogens with one attached hydrogen (secondary N) is 3. The normalized spacial score (nSPS) is 12.1. The van der Waals surface area contributed by atoms with Crippen LogP contribution in [0.3, 0.4) is 0 Å². The molecule has 0 amide bonds. The van der Waals surface area contributed by atoms with E-state index in [2.05, 4.69) is 14.7 Å². The Bertz CT molecular complexity index is 1440. The van der Waals surface area contributed by atoms with Crippen LogP contribution in [0.25, 0.3) is 22.1 Å². The molecule has 2 aromatic heterocycles. The quantitative estimate of drug-likeness (QED) is 0.488. The third-order valence-electron chi connectivity index (χ3n) is 4.66. The first-order chi connectivity index (χ1) is 12.7. The maximum atomic E-state index is 12.9. The molecular weight excluding hydrogens is 370 g/mol. The largest absolute Gasteiger partial charge is 0.328 e. The molecule has 0 saturated carbocycles. The van der Waals surface area contributed by atoms with Crippen molar-refractivity contribution in [3.8, 4) is 0 Å². The van der Waals surface area contributed by atoms with Gasteiger partial charge in [-0.3, -0.25) is 13.9 Å². The molecular formula is C17H17N5O4S. The number of sulfonamides is 1. The van der Waals surface area contributed by atoms with Crippen LogP contribution in [0.1, 0.15) is 5.56 Å². The van der Waals surface area contributed by atoms with Gasteiger partial charge in [-0.25, -0.2) is 18.0 Å². The lowest BCUT2D eigenvalue weighted by Crippen LogP contribution is -2.19. The highest BCUT2D eigenvalue weighted by Gasteiger charge is 2.19. The zero-order valence-electron chi connectivity index (χ0n) is 14.8. The molecule has 0 saturated heterocycles. The molecule has 27 heavy (non-hydrogen) atoms. The van der Waals surface area contributed by atoms with E-state index in [0.717, 1.165) is 0 Å². The Hall–Kier alpha value is -3.27. The number of hydrogen-bond donors (Lipinski definition) is 3. The van der Waals surface area contributed by atoms with E-state index < -0.39 is 10.0 Å². The van der Waals surface area contributed by atoms with Crippen molar-refractivity contribution in [1.82, 2.24) is 19.1 Å². The first kappa shape index (κ1) is 17.2. The first-order valence-electron chi connectivity index (χ1n) is 8.08. The van der Waals surface area contributed by atoms with E-state index in [1.165, 1.54) is 21.3 Å². The van der Waals surface area contributed by atoms with Gasteiger partial charge in [0.15, 0.2) is 0 Å².